The number of amides is 1. The summed E-state index contributed by atoms with van der Waals surface area (Å²) in [6.07, 6.45) is 4.48. The molecule has 0 aliphatic rings. The van der Waals surface area contributed by atoms with Crippen molar-refractivity contribution in [2.45, 2.75) is 6.92 Å². The number of rotatable bonds is 10. The highest BCUT2D eigenvalue weighted by atomic mass is 16.5. The van der Waals surface area contributed by atoms with Crippen LogP contribution in [0.4, 0.5) is 17.2 Å². The number of carbonyl (C=O) groups excluding carboxylic acids is 1. The van der Waals surface area contributed by atoms with Gasteiger partial charge in [0.1, 0.15) is 5.82 Å². The van der Waals surface area contributed by atoms with Gasteiger partial charge < -0.3 is 31.8 Å². The summed E-state index contributed by atoms with van der Waals surface area (Å²) in [6, 6.07) is 7.00. The maximum Gasteiger partial charge on any atom is 0.260 e. The Morgan fingerprint density at radius 2 is 2.17 bits per heavy atom. The first-order valence-corrected chi connectivity index (χ1v) is 9.28. The van der Waals surface area contributed by atoms with Crippen molar-refractivity contribution in [3.8, 4) is 0 Å². The Morgan fingerprint density at radius 1 is 1.40 bits per heavy atom. The summed E-state index contributed by atoms with van der Waals surface area (Å²) >= 11 is 0. The Balaban J connectivity index is 2.04. The number of nitrogens with one attached hydrogen (secondary N) is 2. The van der Waals surface area contributed by atoms with Crippen LogP contribution in [0.2, 0.25) is 0 Å². The van der Waals surface area contributed by atoms with Crippen molar-refractivity contribution in [1.29, 1.82) is 5.41 Å². The van der Waals surface area contributed by atoms with Gasteiger partial charge in [0.2, 0.25) is 0 Å². The number of allylic oxidation sites excluding steroid dienone is 3. The highest BCUT2D eigenvalue weighted by Gasteiger charge is 2.09. The molecular formula is C21H27N7O2. The van der Waals surface area contributed by atoms with E-state index in [4.69, 9.17) is 21.6 Å². The molecule has 0 bridgehead atoms. The first-order valence-electron chi connectivity index (χ1n) is 9.28. The standard InChI is InChI=1S/C21H27N7O2/c1-14(10-15(2)30-13-20(29)28(3)9-7-22)21-25-8-6-19(27-21)26-17-4-5-18(24)16(11-17)12-23/h4-6,8,10-12,23H,1,7,9,13,22,24H2,2-3H3,(H,25,26,27)/b15-10+,23-12?. The zero-order chi connectivity index (χ0) is 22.1. The van der Waals surface area contributed by atoms with Gasteiger partial charge in [-0.3, -0.25) is 4.79 Å². The largest absolute Gasteiger partial charge is 0.488 e. The van der Waals surface area contributed by atoms with Gasteiger partial charge in [0, 0.05) is 55.1 Å². The van der Waals surface area contributed by atoms with Crippen molar-refractivity contribution in [2.75, 3.05) is 37.8 Å². The lowest BCUT2D eigenvalue weighted by Gasteiger charge is -2.16. The summed E-state index contributed by atoms with van der Waals surface area (Å²) in [6.45, 7) is 6.50. The summed E-state index contributed by atoms with van der Waals surface area (Å²) in [4.78, 5) is 22.1. The van der Waals surface area contributed by atoms with E-state index in [1.54, 1.807) is 50.5 Å². The summed E-state index contributed by atoms with van der Waals surface area (Å²) in [5.41, 5.74) is 13.7. The minimum absolute atomic E-state index is 0.0823. The predicted octanol–water partition coefficient (Wildman–Crippen LogP) is 2.15. The van der Waals surface area contributed by atoms with Crippen LogP contribution in [0.5, 0.6) is 0 Å². The molecule has 0 spiro atoms. The molecule has 1 aromatic heterocycles. The van der Waals surface area contributed by atoms with E-state index < -0.39 is 0 Å². The van der Waals surface area contributed by atoms with Crippen LogP contribution in [0.3, 0.4) is 0 Å². The van der Waals surface area contributed by atoms with Crippen LogP contribution in [0.15, 0.2) is 48.9 Å². The first-order chi connectivity index (χ1) is 14.3. The fraction of sp³-hybridized carbons (Fsp3) is 0.238. The number of aromatic nitrogens is 2. The minimum Gasteiger partial charge on any atom is -0.488 e. The molecule has 2 aromatic rings. The maximum absolute atomic E-state index is 11.9. The molecule has 0 saturated heterocycles. The third kappa shape index (κ3) is 6.42. The van der Waals surface area contributed by atoms with Crippen molar-refractivity contribution < 1.29 is 9.53 Å². The Hall–Kier alpha value is -3.72. The average molecular weight is 409 g/mol. The number of benzene rings is 1. The minimum atomic E-state index is -0.158. The van der Waals surface area contributed by atoms with Crippen LogP contribution in [0.25, 0.3) is 5.57 Å². The maximum atomic E-state index is 11.9. The van der Waals surface area contributed by atoms with E-state index in [0.29, 0.717) is 47.3 Å². The number of hydrogen-bond acceptors (Lipinski definition) is 8. The second-order valence-electron chi connectivity index (χ2n) is 6.55. The molecule has 6 N–H and O–H groups in total. The summed E-state index contributed by atoms with van der Waals surface area (Å²) < 4.78 is 5.49. The van der Waals surface area contributed by atoms with E-state index in [9.17, 15) is 4.79 Å². The highest BCUT2D eigenvalue weighted by Crippen LogP contribution is 2.20. The molecule has 0 aliphatic heterocycles. The Labute approximate surface area is 176 Å². The van der Waals surface area contributed by atoms with E-state index in [0.717, 1.165) is 5.69 Å². The SMILES string of the molecule is C=C(/C=C(\C)OCC(=O)N(C)CCN)c1nccc(Nc2ccc(N)c(C=N)c2)n1. The van der Waals surface area contributed by atoms with Crippen molar-refractivity contribution in [2.24, 2.45) is 5.73 Å². The second-order valence-corrected chi connectivity index (χ2v) is 6.55. The topological polar surface area (TPSA) is 143 Å². The van der Waals surface area contributed by atoms with E-state index in [2.05, 4.69) is 21.9 Å². The van der Waals surface area contributed by atoms with Crippen LogP contribution < -0.4 is 16.8 Å². The Bertz CT molecular complexity index is 956. The molecule has 0 atom stereocenters. The predicted molar refractivity (Wildman–Crippen MR) is 119 cm³/mol. The van der Waals surface area contributed by atoms with E-state index in [-0.39, 0.29) is 12.5 Å². The smallest absolute Gasteiger partial charge is 0.260 e. The van der Waals surface area contributed by atoms with Crippen LogP contribution >= 0.6 is 0 Å². The zero-order valence-electron chi connectivity index (χ0n) is 17.2. The quantitative estimate of drug-likeness (QED) is 0.204. The lowest BCUT2D eigenvalue weighted by molar-refractivity contribution is -0.133. The number of likely N-dealkylation sites (N-methyl/N-ethyl adjacent to an activating group) is 1. The Kier molecular flexibility index (Phi) is 8.07. The molecule has 1 aromatic carbocycles. The second kappa shape index (κ2) is 10.7. The molecule has 0 fully saturated rings. The number of nitrogens with two attached hydrogens (primary N) is 2. The normalized spacial score (nSPS) is 11.0. The number of hydrogen-bond donors (Lipinski definition) is 4. The van der Waals surface area contributed by atoms with Gasteiger partial charge in [-0.1, -0.05) is 6.58 Å². The van der Waals surface area contributed by atoms with Gasteiger partial charge in [-0.15, -0.1) is 0 Å². The van der Waals surface area contributed by atoms with Crippen molar-refractivity contribution in [1.82, 2.24) is 14.9 Å². The molecule has 9 nitrogen and oxygen atoms in total. The molecule has 0 unspecified atom stereocenters. The van der Waals surface area contributed by atoms with Crippen LogP contribution in [-0.2, 0) is 9.53 Å². The van der Waals surface area contributed by atoms with Gasteiger partial charge >= 0.3 is 0 Å². The number of anilines is 3. The molecule has 9 heteroatoms. The van der Waals surface area contributed by atoms with E-state index in [1.807, 2.05) is 0 Å². The van der Waals surface area contributed by atoms with E-state index in [1.165, 1.54) is 11.1 Å². The van der Waals surface area contributed by atoms with Gasteiger partial charge in [-0.2, -0.15) is 0 Å². The van der Waals surface area contributed by atoms with Crippen molar-refractivity contribution in [3.63, 3.8) is 0 Å². The number of nitrogens with zero attached hydrogens (tertiary/aromatic N) is 3. The van der Waals surface area contributed by atoms with Crippen LogP contribution in [0, 0.1) is 5.41 Å². The van der Waals surface area contributed by atoms with Gasteiger partial charge in [0.15, 0.2) is 12.4 Å². The van der Waals surface area contributed by atoms with Crippen molar-refractivity contribution in [3.05, 3.63) is 60.3 Å². The molecule has 0 saturated carbocycles. The van der Waals surface area contributed by atoms with Crippen LogP contribution in [0.1, 0.15) is 18.3 Å². The van der Waals surface area contributed by atoms with E-state index >= 15 is 0 Å². The van der Waals surface area contributed by atoms with Crippen molar-refractivity contribution >= 4 is 34.9 Å². The molecular weight excluding hydrogens is 382 g/mol. The zero-order valence-corrected chi connectivity index (χ0v) is 17.2. The van der Waals surface area contributed by atoms with Gasteiger partial charge in [0.05, 0.1) is 5.76 Å². The average Bonchev–Trinajstić information content (AvgIpc) is 2.73. The summed E-state index contributed by atoms with van der Waals surface area (Å²) in [5, 5.41) is 10.6. The molecule has 0 radical (unpaired) electrons. The monoisotopic (exact) mass is 409 g/mol. The lowest BCUT2D eigenvalue weighted by atomic mass is 10.1. The summed E-state index contributed by atoms with van der Waals surface area (Å²) in [5.74, 6) is 1.34. The Morgan fingerprint density at radius 3 is 2.87 bits per heavy atom. The molecule has 1 amide bonds. The van der Waals surface area contributed by atoms with Crippen LogP contribution in [-0.4, -0.2) is 53.7 Å². The fourth-order valence-corrected chi connectivity index (χ4v) is 2.46. The highest BCUT2D eigenvalue weighted by molar-refractivity contribution is 5.87. The lowest BCUT2D eigenvalue weighted by Crippen LogP contribution is -2.34. The summed E-state index contributed by atoms with van der Waals surface area (Å²) in [7, 11) is 1.68. The third-order valence-electron chi connectivity index (χ3n) is 4.15. The molecule has 1 heterocycles. The van der Waals surface area contributed by atoms with Gasteiger partial charge in [-0.25, -0.2) is 9.97 Å². The van der Waals surface area contributed by atoms with Gasteiger partial charge in [-0.05, 0) is 37.3 Å². The number of ether oxygens (including phenoxy) is 1. The fourth-order valence-electron chi connectivity index (χ4n) is 2.46. The third-order valence-corrected chi connectivity index (χ3v) is 4.15. The number of nitrogen functional groups attached to an aromatic ring is 1. The number of carbonyl (C=O) groups is 1. The first kappa shape index (κ1) is 22.6. The molecule has 2 rings (SSSR count). The molecule has 30 heavy (non-hydrogen) atoms. The van der Waals surface area contributed by atoms with Gasteiger partial charge in [0.25, 0.3) is 5.91 Å². The molecule has 158 valence electrons. The molecule has 0 aliphatic carbocycles.